The number of hydrogen-bond donors (Lipinski definition) is 0. The molecule has 1 saturated carbocycles. The second-order valence-electron chi connectivity index (χ2n) is 7.83. The molecule has 1 aromatic rings. The summed E-state index contributed by atoms with van der Waals surface area (Å²) in [7, 11) is 0. The van der Waals surface area contributed by atoms with Crippen LogP contribution >= 0.6 is 0 Å². The molecule has 0 radical (unpaired) electrons. The maximum absolute atomic E-state index is 12.9. The highest BCUT2D eigenvalue weighted by molar-refractivity contribution is 5.92. The van der Waals surface area contributed by atoms with Gasteiger partial charge in [-0.15, -0.1) is 0 Å². The molecule has 0 aromatic carbocycles. The van der Waals surface area contributed by atoms with Crippen LogP contribution < -0.4 is 0 Å². The highest BCUT2D eigenvalue weighted by Gasteiger charge is 2.40. The number of hydrogen-bond acceptors (Lipinski definition) is 4. The zero-order valence-corrected chi connectivity index (χ0v) is 15.6. The number of carbonyl (C=O) groups is 3. The molecule has 1 unspecified atom stereocenters. The Balaban J connectivity index is 1.30. The number of furan rings is 1. The molecule has 146 valence electrons. The monoisotopic (exact) mass is 373 g/mol. The first-order valence-corrected chi connectivity index (χ1v) is 10.0. The van der Waals surface area contributed by atoms with E-state index in [1.807, 2.05) is 9.80 Å². The summed E-state index contributed by atoms with van der Waals surface area (Å²) in [4.78, 5) is 43.2. The Hall–Kier alpha value is -2.31. The van der Waals surface area contributed by atoms with E-state index in [1.54, 1.807) is 17.0 Å². The van der Waals surface area contributed by atoms with Crippen molar-refractivity contribution >= 4 is 17.7 Å². The molecule has 1 aromatic heterocycles. The fourth-order valence-corrected chi connectivity index (χ4v) is 4.59. The van der Waals surface area contributed by atoms with E-state index in [-0.39, 0.29) is 23.6 Å². The largest absolute Gasteiger partial charge is 0.459 e. The van der Waals surface area contributed by atoms with E-state index < -0.39 is 0 Å². The molecule has 7 heteroatoms. The van der Waals surface area contributed by atoms with Crippen LogP contribution in [0.2, 0.25) is 0 Å². The maximum Gasteiger partial charge on any atom is 0.289 e. The first-order chi connectivity index (χ1) is 13.1. The first kappa shape index (κ1) is 18.1. The summed E-state index contributed by atoms with van der Waals surface area (Å²) in [5, 5.41) is 0. The van der Waals surface area contributed by atoms with Gasteiger partial charge >= 0.3 is 0 Å². The van der Waals surface area contributed by atoms with E-state index in [4.69, 9.17) is 4.42 Å². The zero-order valence-electron chi connectivity index (χ0n) is 15.6. The Morgan fingerprint density at radius 1 is 1.00 bits per heavy atom. The van der Waals surface area contributed by atoms with Gasteiger partial charge in [-0.25, -0.2) is 0 Å². The second kappa shape index (κ2) is 7.74. The molecule has 27 heavy (non-hydrogen) atoms. The minimum Gasteiger partial charge on any atom is -0.459 e. The van der Waals surface area contributed by atoms with Crippen LogP contribution in [0.4, 0.5) is 0 Å². The van der Waals surface area contributed by atoms with Gasteiger partial charge in [0, 0.05) is 45.2 Å². The molecule has 2 saturated heterocycles. The number of piperazine rings is 1. The van der Waals surface area contributed by atoms with E-state index in [0.717, 1.165) is 12.8 Å². The lowest BCUT2D eigenvalue weighted by Gasteiger charge is -2.36. The van der Waals surface area contributed by atoms with Crippen LogP contribution in [0.5, 0.6) is 0 Å². The normalized spacial score (nSPS) is 24.5. The Morgan fingerprint density at radius 3 is 2.37 bits per heavy atom. The number of nitrogens with zero attached hydrogens (tertiary/aromatic N) is 3. The first-order valence-electron chi connectivity index (χ1n) is 10.0. The van der Waals surface area contributed by atoms with Crippen molar-refractivity contribution < 1.29 is 18.8 Å². The fourth-order valence-electron chi connectivity index (χ4n) is 4.59. The van der Waals surface area contributed by atoms with Crippen molar-refractivity contribution in [3.8, 4) is 0 Å². The van der Waals surface area contributed by atoms with E-state index in [9.17, 15) is 14.4 Å². The van der Waals surface area contributed by atoms with Crippen LogP contribution in [0, 0.1) is 5.92 Å². The van der Waals surface area contributed by atoms with Crippen LogP contribution in [0.1, 0.15) is 49.1 Å². The molecular formula is C20H27N3O4. The topological polar surface area (TPSA) is 74.1 Å². The second-order valence-corrected chi connectivity index (χ2v) is 7.83. The van der Waals surface area contributed by atoms with Crippen molar-refractivity contribution in [1.82, 2.24) is 14.7 Å². The Labute approximate surface area is 159 Å². The Bertz CT molecular complexity index is 688. The Kier molecular flexibility index (Phi) is 5.18. The molecule has 0 bridgehead atoms. The number of likely N-dealkylation sites (tertiary alicyclic amines) is 1. The SMILES string of the molecule is O=C(c1ccco1)N1CCN(C(=O)C2CC(=O)N(C3CCCCC3)C2)CC1. The van der Waals surface area contributed by atoms with Gasteiger partial charge in [0.2, 0.25) is 11.8 Å². The zero-order chi connectivity index (χ0) is 18.8. The quantitative estimate of drug-likeness (QED) is 0.809. The lowest BCUT2D eigenvalue weighted by Crippen LogP contribution is -2.52. The van der Waals surface area contributed by atoms with Gasteiger partial charge in [0.1, 0.15) is 0 Å². The van der Waals surface area contributed by atoms with Gasteiger partial charge in [0.15, 0.2) is 5.76 Å². The van der Waals surface area contributed by atoms with E-state index in [0.29, 0.717) is 50.9 Å². The lowest BCUT2D eigenvalue weighted by atomic mass is 9.94. The highest BCUT2D eigenvalue weighted by Crippen LogP contribution is 2.29. The molecule has 3 aliphatic rings. The predicted molar refractivity (Wildman–Crippen MR) is 97.9 cm³/mol. The number of amides is 3. The summed E-state index contributed by atoms with van der Waals surface area (Å²) < 4.78 is 5.17. The number of carbonyl (C=O) groups excluding carboxylic acids is 3. The molecule has 3 fully saturated rings. The predicted octanol–water partition coefficient (Wildman–Crippen LogP) is 1.75. The molecule has 3 amide bonds. The molecular weight excluding hydrogens is 346 g/mol. The average molecular weight is 373 g/mol. The summed E-state index contributed by atoms with van der Waals surface area (Å²) in [6, 6.07) is 3.68. The van der Waals surface area contributed by atoms with Gasteiger partial charge in [-0.1, -0.05) is 19.3 Å². The van der Waals surface area contributed by atoms with Gasteiger partial charge in [-0.2, -0.15) is 0 Å². The van der Waals surface area contributed by atoms with Crippen molar-refractivity contribution in [1.29, 1.82) is 0 Å². The van der Waals surface area contributed by atoms with Crippen LogP contribution in [-0.2, 0) is 9.59 Å². The van der Waals surface area contributed by atoms with Crippen molar-refractivity contribution in [2.45, 2.75) is 44.6 Å². The van der Waals surface area contributed by atoms with Crippen LogP contribution in [0.15, 0.2) is 22.8 Å². The molecule has 1 aliphatic carbocycles. The van der Waals surface area contributed by atoms with Crippen LogP contribution in [0.25, 0.3) is 0 Å². The highest BCUT2D eigenvalue weighted by atomic mass is 16.3. The van der Waals surface area contributed by atoms with Gasteiger partial charge in [-0.3, -0.25) is 14.4 Å². The van der Waals surface area contributed by atoms with Crippen molar-refractivity contribution in [3.63, 3.8) is 0 Å². The third-order valence-corrected chi connectivity index (χ3v) is 6.13. The third kappa shape index (κ3) is 3.73. The summed E-state index contributed by atoms with van der Waals surface area (Å²) in [6.07, 6.45) is 7.57. The maximum atomic E-state index is 12.9. The third-order valence-electron chi connectivity index (χ3n) is 6.13. The van der Waals surface area contributed by atoms with Gasteiger partial charge < -0.3 is 19.1 Å². The van der Waals surface area contributed by atoms with Crippen molar-refractivity contribution in [3.05, 3.63) is 24.2 Å². The molecule has 0 spiro atoms. The average Bonchev–Trinajstić information content (AvgIpc) is 3.38. The summed E-state index contributed by atoms with van der Waals surface area (Å²) in [5.41, 5.74) is 0. The minimum absolute atomic E-state index is 0.0618. The van der Waals surface area contributed by atoms with Crippen molar-refractivity contribution in [2.75, 3.05) is 32.7 Å². The molecule has 3 heterocycles. The molecule has 7 nitrogen and oxygen atoms in total. The molecule has 1 atom stereocenters. The summed E-state index contributed by atoms with van der Waals surface area (Å²) >= 11 is 0. The van der Waals surface area contributed by atoms with Crippen LogP contribution in [0.3, 0.4) is 0 Å². The molecule has 0 N–H and O–H groups in total. The smallest absolute Gasteiger partial charge is 0.289 e. The molecule has 2 aliphatic heterocycles. The molecule has 4 rings (SSSR count). The van der Waals surface area contributed by atoms with Gasteiger partial charge in [0.05, 0.1) is 12.2 Å². The van der Waals surface area contributed by atoms with E-state index in [2.05, 4.69) is 0 Å². The van der Waals surface area contributed by atoms with Crippen LogP contribution in [-0.4, -0.2) is 71.2 Å². The summed E-state index contributed by atoms with van der Waals surface area (Å²) in [6.45, 7) is 2.59. The standard InChI is InChI=1S/C20H27N3O4/c24-18-13-15(14-23(18)16-5-2-1-3-6-16)19(25)21-8-10-22(11-9-21)20(26)17-7-4-12-27-17/h4,7,12,15-16H,1-3,5-6,8-11,13-14H2. The van der Waals surface area contributed by atoms with E-state index >= 15 is 0 Å². The van der Waals surface area contributed by atoms with Gasteiger partial charge in [0.25, 0.3) is 5.91 Å². The van der Waals surface area contributed by atoms with E-state index in [1.165, 1.54) is 25.5 Å². The Morgan fingerprint density at radius 2 is 1.70 bits per heavy atom. The van der Waals surface area contributed by atoms with Gasteiger partial charge in [-0.05, 0) is 25.0 Å². The van der Waals surface area contributed by atoms with Crippen molar-refractivity contribution in [2.24, 2.45) is 5.92 Å². The lowest BCUT2D eigenvalue weighted by molar-refractivity contribution is -0.137. The number of rotatable bonds is 3. The summed E-state index contributed by atoms with van der Waals surface area (Å²) in [5.74, 6) is 0.163. The fraction of sp³-hybridized carbons (Fsp3) is 0.650. The minimum atomic E-state index is -0.230.